The molecule has 2 aromatic carbocycles. The predicted octanol–water partition coefficient (Wildman–Crippen LogP) is 4.30. The van der Waals surface area contributed by atoms with Crippen LogP contribution in [0.25, 0.3) is 10.2 Å². The molecule has 0 aliphatic carbocycles. The Morgan fingerprint density at radius 2 is 2.04 bits per heavy atom. The molecular weight excluding hydrogens is 350 g/mol. The SMILES string of the molecule is Cc1cc(C)c2nc(N=Cc3cc(Cl)cc([N+](=O)[O-])c3[O-])sc2c1. The number of nitro benzene ring substituents is 1. The second kappa shape index (κ2) is 6.18. The van der Waals surface area contributed by atoms with Gasteiger partial charge in [-0.3, -0.25) is 10.1 Å². The van der Waals surface area contributed by atoms with Crippen LogP contribution >= 0.6 is 22.9 Å². The van der Waals surface area contributed by atoms with Crippen molar-refractivity contribution < 1.29 is 10.0 Å². The van der Waals surface area contributed by atoms with E-state index in [1.54, 1.807) is 0 Å². The number of thiazole rings is 1. The predicted molar refractivity (Wildman–Crippen MR) is 93.9 cm³/mol. The van der Waals surface area contributed by atoms with Gasteiger partial charge in [-0.2, -0.15) is 0 Å². The highest BCUT2D eigenvalue weighted by Crippen LogP contribution is 2.33. The molecule has 3 rings (SSSR count). The number of fused-ring (bicyclic) bond motifs is 1. The lowest BCUT2D eigenvalue weighted by Gasteiger charge is -2.10. The number of aliphatic imine (C=N–C) groups is 1. The first-order chi connectivity index (χ1) is 11.3. The van der Waals surface area contributed by atoms with Crippen LogP contribution in [0.3, 0.4) is 0 Å². The largest absolute Gasteiger partial charge is 0.867 e. The molecule has 0 N–H and O–H groups in total. The van der Waals surface area contributed by atoms with E-state index in [9.17, 15) is 15.2 Å². The van der Waals surface area contributed by atoms with E-state index in [2.05, 4.69) is 9.98 Å². The Labute approximate surface area is 146 Å². The molecule has 0 amide bonds. The minimum atomic E-state index is -0.755. The lowest BCUT2D eigenvalue weighted by atomic mass is 10.1. The molecule has 0 saturated heterocycles. The summed E-state index contributed by atoms with van der Waals surface area (Å²) in [4.78, 5) is 18.7. The van der Waals surface area contributed by atoms with Crippen molar-refractivity contribution in [1.82, 2.24) is 4.98 Å². The normalized spacial score (nSPS) is 11.5. The van der Waals surface area contributed by atoms with Crippen molar-refractivity contribution in [3.8, 4) is 5.75 Å². The zero-order chi connectivity index (χ0) is 17.4. The molecule has 0 unspecified atom stereocenters. The fraction of sp³-hybridized carbons (Fsp3) is 0.125. The van der Waals surface area contributed by atoms with E-state index in [1.807, 2.05) is 26.0 Å². The fourth-order valence-corrected chi connectivity index (χ4v) is 3.58. The molecule has 0 aliphatic rings. The quantitative estimate of drug-likeness (QED) is 0.395. The number of aryl methyl sites for hydroxylation is 2. The summed E-state index contributed by atoms with van der Waals surface area (Å²) in [5.41, 5.74) is 2.52. The number of nitro groups is 1. The summed E-state index contributed by atoms with van der Waals surface area (Å²) in [5.74, 6) is -0.721. The number of hydrogen-bond donors (Lipinski definition) is 0. The molecule has 0 saturated carbocycles. The lowest BCUT2D eigenvalue weighted by molar-refractivity contribution is -0.398. The van der Waals surface area contributed by atoms with Gasteiger partial charge < -0.3 is 5.11 Å². The zero-order valence-electron chi connectivity index (χ0n) is 12.7. The van der Waals surface area contributed by atoms with Gasteiger partial charge in [0.25, 0.3) is 5.69 Å². The van der Waals surface area contributed by atoms with Gasteiger partial charge in [-0.15, -0.1) is 0 Å². The molecule has 8 heteroatoms. The minimum absolute atomic E-state index is 0.0568. The molecule has 24 heavy (non-hydrogen) atoms. The highest BCUT2D eigenvalue weighted by molar-refractivity contribution is 7.22. The average molecular weight is 361 g/mol. The Morgan fingerprint density at radius 1 is 1.29 bits per heavy atom. The number of hydrogen-bond acceptors (Lipinski definition) is 6. The van der Waals surface area contributed by atoms with Gasteiger partial charge in [0.2, 0.25) is 5.13 Å². The topological polar surface area (TPSA) is 91.5 Å². The highest BCUT2D eigenvalue weighted by Gasteiger charge is 2.12. The van der Waals surface area contributed by atoms with Crippen LogP contribution < -0.4 is 5.11 Å². The van der Waals surface area contributed by atoms with Crippen molar-refractivity contribution in [2.45, 2.75) is 13.8 Å². The number of benzene rings is 2. The minimum Gasteiger partial charge on any atom is -0.867 e. The fourth-order valence-electron chi connectivity index (χ4n) is 2.37. The maximum absolute atomic E-state index is 12.0. The Hall–Kier alpha value is -2.51. The van der Waals surface area contributed by atoms with Crippen LogP contribution in [-0.2, 0) is 0 Å². The first-order valence-electron chi connectivity index (χ1n) is 6.92. The van der Waals surface area contributed by atoms with Crippen LogP contribution in [-0.4, -0.2) is 16.1 Å². The van der Waals surface area contributed by atoms with Gasteiger partial charge >= 0.3 is 0 Å². The molecule has 0 aliphatic heterocycles. The molecular formula is C16H11ClN3O3S-. The Kier molecular flexibility index (Phi) is 4.21. The molecule has 122 valence electrons. The standard InChI is InChI=1S/C16H12ClN3O3S/c1-8-3-9(2)14-13(4-8)24-16(19-14)18-7-10-5-11(17)6-12(15(10)21)20(22)23/h3-7,21H,1-2H3/p-1. The first kappa shape index (κ1) is 16.4. The zero-order valence-corrected chi connectivity index (χ0v) is 14.3. The summed E-state index contributed by atoms with van der Waals surface area (Å²) in [5, 5.41) is 23.5. The summed E-state index contributed by atoms with van der Waals surface area (Å²) in [7, 11) is 0. The third-order valence-corrected chi connectivity index (χ3v) is 4.52. The van der Waals surface area contributed by atoms with E-state index in [0.717, 1.165) is 27.4 Å². The number of halogens is 1. The molecule has 0 fully saturated rings. The summed E-state index contributed by atoms with van der Waals surface area (Å²) in [6.45, 7) is 3.97. The van der Waals surface area contributed by atoms with Crippen molar-refractivity contribution in [3.05, 3.63) is 56.1 Å². The third-order valence-electron chi connectivity index (χ3n) is 3.39. The first-order valence-corrected chi connectivity index (χ1v) is 8.11. The second-order valence-electron chi connectivity index (χ2n) is 5.28. The van der Waals surface area contributed by atoms with E-state index < -0.39 is 16.4 Å². The van der Waals surface area contributed by atoms with E-state index in [0.29, 0.717) is 5.13 Å². The van der Waals surface area contributed by atoms with Gasteiger partial charge in [0.15, 0.2) is 0 Å². The van der Waals surface area contributed by atoms with Crippen LogP contribution in [0.1, 0.15) is 16.7 Å². The lowest BCUT2D eigenvalue weighted by Crippen LogP contribution is -2.02. The van der Waals surface area contributed by atoms with Crippen LogP contribution in [0.15, 0.2) is 29.3 Å². The molecule has 3 aromatic rings. The summed E-state index contributed by atoms with van der Waals surface area (Å²) in [6.07, 6.45) is 1.26. The van der Waals surface area contributed by atoms with Gasteiger partial charge in [-0.05, 0) is 48.4 Å². The third kappa shape index (κ3) is 3.08. The highest BCUT2D eigenvalue weighted by atomic mass is 35.5. The van der Waals surface area contributed by atoms with Crippen molar-refractivity contribution in [1.29, 1.82) is 0 Å². The maximum Gasteiger partial charge on any atom is 0.263 e. The maximum atomic E-state index is 12.0. The van der Waals surface area contributed by atoms with E-state index >= 15 is 0 Å². The van der Waals surface area contributed by atoms with Crippen molar-refractivity contribution in [3.63, 3.8) is 0 Å². The van der Waals surface area contributed by atoms with Crippen LogP contribution in [0.4, 0.5) is 10.8 Å². The van der Waals surface area contributed by atoms with Gasteiger partial charge in [-0.1, -0.05) is 29.0 Å². The van der Waals surface area contributed by atoms with Gasteiger partial charge in [0.05, 0.1) is 15.1 Å². The van der Waals surface area contributed by atoms with E-state index in [4.69, 9.17) is 11.6 Å². The molecule has 0 atom stereocenters. The van der Waals surface area contributed by atoms with Gasteiger partial charge in [-0.25, -0.2) is 9.98 Å². The summed E-state index contributed by atoms with van der Waals surface area (Å²) in [6, 6.07) is 6.43. The monoisotopic (exact) mass is 360 g/mol. The second-order valence-corrected chi connectivity index (χ2v) is 6.73. The molecule has 1 aromatic heterocycles. The Balaban J connectivity index is 2.03. The van der Waals surface area contributed by atoms with Gasteiger partial charge in [0, 0.05) is 17.3 Å². The van der Waals surface area contributed by atoms with E-state index in [-0.39, 0.29) is 10.6 Å². The van der Waals surface area contributed by atoms with Crippen molar-refractivity contribution in [2.75, 3.05) is 0 Å². The van der Waals surface area contributed by atoms with Crippen LogP contribution in [0.5, 0.6) is 5.75 Å². The van der Waals surface area contributed by atoms with E-state index in [1.165, 1.54) is 23.6 Å². The molecule has 0 spiro atoms. The molecule has 0 radical (unpaired) electrons. The molecule has 1 heterocycles. The van der Waals surface area contributed by atoms with Gasteiger partial charge in [0.1, 0.15) is 0 Å². The van der Waals surface area contributed by atoms with Crippen LogP contribution in [0, 0.1) is 24.0 Å². The summed E-state index contributed by atoms with van der Waals surface area (Å²) < 4.78 is 0.999. The molecule has 0 bridgehead atoms. The van der Waals surface area contributed by atoms with Crippen LogP contribution in [0.2, 0.25) is 5.02 Å². The van der Waals surface area contributed by atoms with Crippen molar-refractivity contribution >= 4 is 50.2 Å². The number of aromatic nitrogens is 1. The number of rotatable bonds is 3. The van der Waals surface area contributed by atoms with Crippen molar-refractivity contribution in [2.24, 2.45) is 4.99 Å². The number of nitrogens with zero attached hydrogens (tertiary/aromatic N) is 3. The Bertz CT molecular complexity index is 998. The average Bonchev–Trinajstić information content (AvgIpc) is 2.90. The molecule has 6 nitrogen and oxygen atoms in total. The Morgan fingerprint density at radius 3 is 2.75 bits per heavy atom. The smallest absolute Gasteiger partial charge is 0.263 e. The summed E-state index contributed by atoms with van der Waals surface area (Å²) >= 11 is 7.22.